The second kappa shape index (κ2) is 5.14. The number of carboxylic acid groups (broad SMARTS) is 1. The van der Waals surface area contributed by atoms with E-state index in [0.29, 0.717) is 22.1 Å². The van der Waals surface area contributed by atoms with Gasteiger partial charge in [0.05, 0.1) is 11.3 Å². The quantitative estimate of drug-likeness (QED) is 0.657. The van der Waals surface area contributed by atoms with Gasteiger partial charge in [-0.15, -0.1) is 11.8 Å². The Kier molecular flexibility index (Phi) is 3.57. The molecule has 0 fully saturated rings. The molecule has 2 aromatic rings. The molecule has 94 valence electrons. The van der Waals surface area contributed by atoms with Gasteiger partial charge in [0, 0.05) is 10.6 Å². The Morgan fingerprint density at radius 2 is 2.22 bits per heavy atom. The molecule has 0 unspecified atom stereocenters. The van der Waals surface area contributed by atoms with Gasteiger partial charge in [0.2, 0.25) is 0 Å². The van der Waals surface area contributed by atoms with Crippen molar-refractivity contribution in [2.24, 2.45) is 0 Å². The molecule has 1 aromatic heterocycles. The molecular formula is C12H10FNO3S. The zero-order valence-electron chi connectivity index (χ0n) is 9.22. The molecule has 4 nitrogen and oxygen atoms in total. The molecule has 0 radical (unpaired) electrons. The maximum atomic E-state index is 13.5. The average molecular weight is 267 g/mol. The Hall–Kier alpha value is -1.95. The number of thioether (sulfide) groups is 1. The lowest BCUT2D eigenvalue weighted by Gasteiger charge is -2.02. The number of benzene rings is 1. The van der Waals surface area contributed by atoms with Crippen LogP contribution in [0.1, 0.15) is 16.1 Å². The van der Waals surface area contributed by atoms with Gasteiger partial charge in [-0.3, -0.25) is 0 Å². The lowest BCUT2D eigenvalue weighted by atomic mass is 10.3. The van der Waals surface area contributed by atoms with Crippen molar-refractivity contribution < 1.29 is 18.7 Å². The molecule has 0 aliphatic rings. The largest absolute Gasteiger partial charge is 0.478 e. The van der Waals surface area contributed by atoms with E-state index in [2.05, 4.69) is 0 Å². The summed E-state index contributed by atoms with van der Waals surface area (Å²) in [5.41, 5.74) is 5.89. The summed E-state index contributed by atoms with van der Waals surface area (Å²) in [7, 11) is 0. The molecule has 3 N–H and O–H groups in total. The summed E-state index contributed by atoms with van der Waals surface area (Å²) in [5.74, 6) is -0.610. The van der Waals surface area contributed by atoms with Crippen molar-refractivity contribution in [3.8, 4) is 0 Å². The summed E-state index contributed by atoms with van der Waals surface area (Å²) in [6, 6.07) is 5.85. The van der Waals surface area contributed by atoms with E-state index in [4.69, 9.17) is 15.3 Å². The molecule has 18 heavy (non-hydrogen) atoms. The van der Waals surface area contributed by atoms with Crippen molar-refractivity contribution in [2.75, 3.05) is 5.73 Å². The molecule has 0 aliphatic heterocycles. The van der Waals surface area contributed by atoms with E-state index < -0.39 is 11.8 Å². The number of halogens is 1. The third kappa shape index (κ3) is 2.84. The number of anilines is 1. The first-order valence-corrected chi connectivity index (χ1v) is 6.03. The highest BCUT2D eigenvalue weighted by atomic mass is 32.2. The summed E-state index contributed by atoms with van der Waals surface area (Å²) < 4.78 is 18.5. The van der Waals surface area contributed by atoms with Crippen molar-refractivity contribution in [1.82, 2.24) is 0 Å². The number of furan rings is 1. The van der Waals surface area contributed by atoms with Crippen LogP contribution >= 0.6 is 11.8 Å². The number of nitrogen functional groups attached to an aromatic ring is 1. The first-order valence-electron chi connectivity index (χ1n) is 5.05. The lowest BCUT2D eigenvalue weighted by molar-refractivity contribution is 0.0696. The molecule has 0 saturated carbocycles. The van der Waals surface area contributed by atoms with Gasteiger partial charge in [-0.05, 0) is 24.3 Å². The average Bonchev–Trinajstić information content (AvgIpc) is 2.76. The summed E-state index contributed by atoms with van der Waals surface area (Å²) >= 11 is 1.22. The van der Waals surface area contributed by atoms with Crippen LogP contribution in [-0.2, 0) is 5.75 Å². The van der Waals surface area contributed by atoms with E-state index in [1.54, 1.807) is 12.1 Å². The number of aromatic carboxylic acids is 1. The summed E-state index contributed by atoms with van der Waals surface area (Å²) in [5, 5.41) is 8.72. The molecule has 0 spiro atoms. The predicted molar refractivity (Wildman–Crippen MR) is 66.0 cm³/mol. The Balaban J connectivity index is 2.04. The molecular weight excluding hydrogens is 257 g/mol. The normalized spacial score (nSPS) is 10.5. The molecule has 1 aromatic carbocycles. The fourth-order valence-electron chi connectivity index (χ4n) is 1.35. The highest BCUT2D eigenvalue weighted by Gasteiger charge is 2.09. The predicted octanol–water partition coefficient (Wildman–Crippen LogP) is 2.99. The summed E-state index contributed by atoms with van der Waals surface area (Å²) in [6.07, 6.45) is 1.16. The van der Waals surface area contributed by atoms with Crippen LogP contribution < -0.4 is 5.73 Å². The molecule has 0 bridgehead atoms. The van der Waals surface area contributed by atoms with Crippen molar-refractivity contribution in [3.05, 3.63) is 47.7 Å². The third-order valence-corrected chi connectivity index (χ3v) is 3.30. The van der Waals surface area contributed by atoms with E-state index in [-0.39, 0.29) is 5.56 Å². The van der Waals surface area contributed by atoms with Crippen LogP contribution in [-0.4, -0.2) is 11.1 Å². The van der Waals surface area contributed by atoms with Crippen LogP contribution in [0.2, 0.25) is 0 Å². The lowest BCUT2D eigenvalue weighted by Crippen LogP contribution is -1.91. The number of hydrogen-bond acceptors (Lipinski definition) is 4. The van der Waals surface area contributed by atoms with Crippen LogP contribution in [0.5, 0.6) is 0 Å². The highest BCUT2D eigenvalue weighted by Crippen LogP contribution is 2.27. The standard InChI is InChI=1S/C12H10FNO3S/c13-10-4-8(14)1-2-11(10)18-6-9-3-7(5-17-9)12(15)16/h1-5H,6,14H2,(H,15,16). The maximum Gasteiger partial charge on any atom is 0.338 e. The van der Waals surface area contributed by atoms with Gasteiger partial charge in [0.1, 0.15) is 17.8 Å². The van der Waals surface area contributed by atoms with Gasteiger partial charge in [-0.2, -0.15) is 0 Å². The molecule has 0 aliphatic carbocycles. The van der Waals surface area contributed by atoms with Crippen LogP contribution in [0.15, 0.2) is 39.8 Å². The highest BCUT2D eigenvalue weighted by molar-refractivity contribution is 7.98. The summed E-state index contributed by atoms with van der Waals surface area (Å²) in [4.78, 5) is 11.1. The van der Waals surface area contributed by atoms with Gasteiger partial charge in [0.25, 0.3) is 0 Å². The fourth-order valence-corrected chi connectivity index (χ4v) is 2.16. The van der Waals surface area contributed by atoms with Crippen molar-refractivity contribution in [3.63, 3.8) is 0 Å². The van der Waals surface area contributed by atoms with Gasteiger partial charge in [0.15, 0.2) is 0 Å². The minimum atomic E-state index is -1.05. The monoisotopic (exact) mass is 267 g/mol. The Morgan fingerprint density at radius 1 is 1.44 bits per heavy atom. The maximum absolute atomic E-state index is 13.5. The Bertz CT molecular complexity index is 582. The first kappa shape index (κ1) is 12.5. The zero-order valence-corrected chi connectivity index (χ0v) is 10.0. The second-order valence-electron chi connectivity index (χ2n) is 3.59. The SMILES string of the molecule is Nc1ccc(SCc2cc(C(=O)O)co2)c(F)c1. The number of nitrogens with two attached hydrogens (primary N) is 1. The first-order chi connectivity index (χ1) is 8.56. The number of carboxylic acids is 1. The summed E-state index contributed by atoms with van der Waals surface area (Å²) in [6.45, 7) is 0. The van der Waals surface area contributed by atoms with E-state index >= 15 is 0 Å². The fraction of sp³-hybridized carbons (Fsp3) is 0.0833. The number of hydrogen-bond donors (Lipinski definition) is 2. The smallest absolute Gasteiger partial charge is 0.338 e. The Labute approximate surface area is 107 Å². The molecule has 0 amide bonds. The van der Waals surface area contributed by atoms with E-state index in [0.717, 1.165) is 6.26 Å². The molecule has 1 heterocycles. The van der Waals surface area contributed by atoms with Gasteiger partial charge < -0.3 is 15.3 Å². The van der Waals surface area contributed by atoms with E-state index in [9.17, 15) is 9.18 Å². The van der Waals surface area contributed by atoms with Crippen LogP contribution in [0.4, 0.5) is 10.1 Å². The third-order valence-electron chi connectivity index (χ3n) is 2.23. The molecule has 2 rings (SSSR count). The molecule has 0 saturated heterocycles. The van der Waals surface area contributed by atoms with Crippen molar-refractivity contribution >= 4 is 23.4 Å². The minimum absolute atomic E-state index is 0.0865. The van der Waals surface area contributed by atoms with Crippen molar-refractivity contribution in [1.29, 1.82) is 0 Å². The molecule has 0 atom stereocenters. The number of rotatable bonds is 4. The second-order valence-corrected chi connectivity index (χ2v) is 4.60. The molecule has 6 heteroatoms. The minimum Gasteiger partial charge on any atom is -0.478 e. The Morgan fingerprint density at radius 3 is 2.83 bits per heavy atom. The topological polar surface area (TPSA) is 76.5 Å². The number of carbonyl (C=O) groups is 1. The van der Waals surface area contributed by atoms with Crippen LogP contribution in [0.3, 0.4) is 0 Å². The van der Waals surface area contributed by atoms with Gasteiger partial charge >= 0.3 is 5.97 Å². The van der Waals surface area contributed by atoms with Crippen LogP contribution in [0, 0.1) is 5.82 Å². The zero-order chi connectivity index (χ0) is 13.1. The van der Waals surface area contributed by atoms with Crippen LogP contribution in [0.25, 0.3) is 0 Å². The van der Waals surface area contributed by atoms with Gasteiger partial charge in [-0.1, -0.05) is 0 Å². The van der Waals surface area contributed by atoms with E-state index in [1.165, 1.54) is 23.9 Å². The van der Waals surface area contributed by atoms with Crippen molar-refractivity contribution in [2.45, 2.75) is 10.6 Å². The van der Waals surface area contributed by atoms with Gasteiger partial charge in [-0.25, -0.2) is 9.18 Å². The van der Waals surface area contributed by atoms with E-state index in [1.807, 2.05) is 0 Å².